The summed E-state index contributed by atoms with van der Waals surface area (Å²) in [4.78, 5) is 19.5. The minimum absolute atomic E-state index is 0.168. The van der Waals surface area contributed by atoms with Gasteiger partial charge in [0.1, 0.15) is 16.5 Å². The molecule has 0 unspecified atom stereocenters. The van der Waals surface area contributed by atoms with Gasteiger partial charge in [-0.15, -0.1) is 11.3 Å². The second-order valence-electron chi connectivity index (χ2n) is 8.89. The fraction of sp³-hybridized carbons (Fsp3) is 0.267. The van der Waals surface area contributed by atoms with Crippen LogP contribution in [0.1, 0.15) is 32.2 Å². The fourth-order valence-corrected chi connectivity index (χ4v) is 4.94. The lowest BCUT2D eigenvalue weighted by atomic mass is 10.1. The lowest BCUT2D eigenvalue weighted by molar-refractivity contribution is 0.0949. The zero-order chi connectivity index (χ0) is 26.7. The second kappa shape index (κ2) is 13.7. The van der Waals surface area contributed by atoms with Crippen molar-refractivity contribution in [3.63, 3.8) is 0 Å². The van der Waals surface area contributed by atoms with E-state index in [1.807, 2.05) is 48.5 Å². The predicted molar refractivity (Wildman–Crippen MR) is 148 cm³/mol. The maximum absolute atomic E-state index is 13.5. The highest BCUT2D eigenvalue weighted by Gasteiger charge is 2.15. The zero-order valence-corrected chi connectivity index (χ0v) is 22.5. The molecule has 0 atom stereocenters. The number of aromatic nitrogens is 1. The standard InChI is InChI=1S/C30H32FN3O3S/c1-36-27-13-10-23(18-28(27)37-2)15-17-34(19-24-8-11-25(31)12-9-24)20-29-33-26(21-38-29)30(35)32-16-14-22-6-4-3-5-7-22/h3-13,18,21H,14-17,19-20H2,1-2H3,(H,32,35). The van der Waals surface area contributed by atoms with E-state index in [1.54, 1.807) is 31.7 Å². The maximum Gasteiger partial charge on any atom is 0.270 e. The van der Waals surface area contributed by atoms with Crippen LogP contribution in [-0.4, -0.2) is 43.1 Å². The van der Waals surface area contributed by atoms with E-state index in [-0.39, 0.29) is 11.7 Å². The second-order valence-corrected chi connectivity index (χ2v) is 9.84. The van der Waals surface area contributed by atoms with Crippen LogP contribution < -0.4 is 14.8 Å². The van der Waals surface area contributed by atoms with Crippen molar-refractivity contribution in [2.45, 2.75) is 25.9 Å². The summed E-state index contributed by atoms with van der Waals surface area (Å²) in [5, 5.41) is 5.62. The Bertz CT molecular complexity index is 1310. The molecule has 1 aromatic heterocycles. The van der Waals surface area contributed by atoms with Gasteiger partial charge in [0.15, 0.2) is 11.5 Å². The molecule has 0 aliphatic heterocycles. The Kier molecular flexibility index (Phi) is 9.84. The Hall–Kier alpha value is -3.75. The number of nitrogens with one attached hydrogen (secondary N) is 1. The first kappa shape index (κ1) is 27.3. The summed E-state index contributed by atoms with van der Waals surface area (Å²) in [7, 11) is 3.24. The third-order valence-electron chi connectivity index (χ3n) is 6.17. The Morgan fingerprint density at radius 2 is 1.63 bits per heavy atom. The number of halogens is 1. The van der Waals surface area contributed by atoms with Crippen LogP contribution in [0.25, 0.3) is 0 Å². The molecule has 8 heteroatoms. The summed E-state index contributed by atoms with van der Waals surface area (Å²) in [5.41, 5.74) is 3.73. The van der Waals surface area contributed by atoms with Gasteiger partial charge in [0.2, 0.25) is 0 Å². The number of benzene rings is 3. The molecule has 0 aliphatic rings. The highest BCUT2D eigenvalue weighted by molar-refractivity contribution is 7.09. The van der Waals surface area contributed by atoms with Crippen LogP contribution in [0.2, 0.25) is 0 Å². The van der Waals surface area contributed by atoms with Gasteiger partial charge < -0.3 is 14.8 Å². The normalized spacial score (nSPS) is 10.9. The van der Waals surface area contributed by atoms with Crippen LogP contribution in [0, 0.1) is 5.82 Å². The average molecular weight is 534 g/mol. The quantitative estimate of drug-likeness (QED) is 0.245. The smallest absolute Gasteiger partial charge is 0.270 e. The molecule has 0 saturated carbocycles. The third kappa shape index (κ3) is 7.87. The van der Waals surface area contributed by atoms with Gasteiger partial charge in [-0.1, -0.05) is 48.5 Å². The first-order valence-corrected chi connectivity index (χ1v) is 13.4. The molecule has 6 nitrogen and oxygen atoms in total. The zero-order valence-electron chi connectivity index (χ0n) is 21.7. The number of nitrogens with zero attached hydrogens (tertiary/aromatic N) is 2. The van der Waals surface area contributed by atoms with Crippen LogP contribution in [0.4, 0.5) is 4.39 Å². The summed E-state index contributed by atoms with van der Waals surface area (Å²) in [5.74, 6) is 0.960. The van der Waals surface area contributed by atoms with Crippen molar-refractivity contribution in [3.05, 3.63) is 111 Å². The summed E-state index contributed by atoms with van der Waals surface area (Å²) in [6, 6.07) is 22.5. The molecule has 0 radical (unpaired) electrons. The molecule has 0 fully saturated rings. The van der Waals surface area contributed by atoms with E-state index >= 15 is 0 Å². The molecule has 1 N–H and O–H groups in total. The van der Waals surface area contributed by atoms with Gasteiger partial charge in [0, 0.05) is 25.0 Å². The molecule has 1 heterocycles. The Morgan fingerprint density at radius 1 is 0.895 bits per heavy atom. The van der Waals surface area contributed by atoms with Crippen LogP contribution in [0.3, 0.4) is 0 Å². The van der Waals surface area contributed by atoms with Gasteiger partial charge in [-0.25, -0.2) is 9.37 Å². The molecular formula is C30H32FN3O3S. The third-order valence-corrected chi connectivity index (χ3v) is 7.00. The molecule has 4 aromatic rings. The van der Waals surface area contributed by atoms with Crippen molar-refractivity contribution >= 4 is 17.2 Å². The minimum atomic E-state index is -0.256. The number of hydrogen-bond donors (Lipinski definition) is 1. The van der Waals surface area contributed by atoms with Crippen LogP contribution in [-0.2, 0) is 25.9 Å². The predicted octanol–water partition coefficient (Wildman–Crippen LogP) is 5.52. The largest absolute Gasteiger partial charge is 0.493 e. The molecule has 1 amide bonds. The Balaban J connectivity index is 1.39. The minimum Gasteiger partial charge on any atom is -0.493 e. The van der Waals surface area contributed by atoms with Gasteiger partial charge in [-0.2, -0.15) is 0 Å². The number of rotatable bonds is 13. The molecule has 0 saturated heterocycles. The van der Waals surface area contributed by atoms with Crippen molar-refractivity contribution in [1.29, 1.82) is 0 Å². The summed E-state index contributed by atoms with van der Waals surface area (Å²) in [6.45, 7) is 2.50. The van der Waals surface area contributed by atoms with E-state index in [0.29, 0.717) is 36.8 Å². The van der Waals surface area contributed by atoms with Gasteiger partial charge in [-0.3, -0.25) is 9.69 Å². The molecule has 198 valence electrons. The van der Waals surface area contributed by atoms with Crippen molar-refractivity contribution in [2.24, 2.45) is 0 Å². The number of thiazole rings is 1. The number of hydrogen-bond acceptors (Lipinski definition) is 6. The summed E-state index contributed by atoms with van der Waals surface area (Å²) in [6.07, 6.45) is 1.55. The molecule has 0 spiro atoms. The Labute approximate surface area is 227 Å². The van der Waals surface area contributed by atoms with Crippen molar-refractivity contribution in [3.8, 4) is 11.5 Å². The SMILES string of the molecule is COc1ccc(CCN(Cc2ccc(F)cc2)Cc2nc(C(=O)NCCc3ccccc3)cs2)cc1OC. The van der Waals surface area contributed by atoms with E-state index in [1.165, 1.54) is 29.0 Å². The van der Waals surface area contributed by atoms with E-state index in [2.05, 4.69) is 15.2 Å². The fourth-order valence-electron chi connectivity index (χ4n) is 4.12. The van der Waals surface area contributed by atoms with Gasteiger partial charge in [-0.05, 0) is 53.8 Å². The molecule has 4 rings (SSSR count). The lowest BCUT2D eigenvalue weighted by Crippen LogP contribution is -2.27. The topological polar surface area (TPSA) is 63.7 Å². The van der Waals surface area contributed by atoms with Crippen molar-refractivity contribution in [2.75, 3.05) is 27.3 Å². The monoisotopic (exact) mass is 533 g/mol. The first-order valence-electron chi connectivity index (χ1n) is 12.5. The summed E-state index contributed by atoms with van der Waals surface area (Å²) >= 11 is 1.47. The molecule has 38 heavy (non-hydrogen) atoms. The van der Waals surface area contributed by atoms with Crippen LogP contribution in [0.5, 0.6) is 11.5 Å². The van der Waals surface area contributed by atoms with Crippen LogP contribution >= 0.6 is 11.3 Å². The number of carbonyl (C=O) groups is 1. The van der Waals surface area contributed by atoms with E-state index in [0.717, 1.165) is 35.5 Å². The number of carbonyl (C=O) groups excluding carboxylic acids is 1. The molecule has 0 aliphatic carbocycles. The average Bonchev–Trinajstić information content (AvgIpc) is 3.42. The highest BCUT2D eigenvalue weighted by atomic mass is 32.1. The van der Waals surface area contributed by atoms with Crippen molar-refractivity contribution in [1.82, 2.24) is 15.2 Å². The van der Waals surface area contributed by atoms with E-state index < -0.39 is 0 Å². The van der Waals surface area contributed by atoms with Gasteiger partial charge in [0.05, 0.1) is 20.8 Å². The van der Waals surface area contributed by atoms with Gasteiger partial charge >= 0.3 is 0 Å². The molecule has 0 bridgehead atoms. The first-order chi connectivity index (χ1) is 18.5. The van der Waals surface area contributed by atoms with E-state index in [4.69, 9.17) is 9.47 Å². The van der Waals surface area contributed by atoms with Crippen LogP contribution in [0.15, 0.2) is 78.2 Å². The number of methoxy groups -OCH3 is 2. The molecule has 3 aromatic carbocycles. The van der Waals surface area contributed by atoms with E-state index in [9.17, 15) is 9.18 Å². The maximum atomic E-state index is 13.5. The van der Waals surface area contributed by atoms with Gasteiger partial charge in [0.25, 0.3) is 5.91 Å². The summed E-state index contributed by atoms with van der Waals surface area (Å²) < 4.78 is 24.2. The molecular weight excluding hydrogens is 501 g/mol. The highest BCUT2D eigenvalue weighted by Crippen LogP contribution is 2.28. The lowest BCUT2D eigenvalue weighted by Gasteiger charge is -2.22. The Morgan fingerprint density at radius 3 is 2.37 bits per heavy atom. The van der Waals surface area contributed by atoms with Crippen molar-refractivity contribution < 1.29 is 18.7 Å². The number of amides is 1. The number of ether oxygens (including phenoxy) is 2.